The van der Waals surface area contributed by atoms with Gasteiger partial charge in [-0.25, -0.2) is 0 Å². The molecule has 4 aromatic heterocycles. The molecule has 49 heavy (non-hydrogen) atoms. The summed E-state index contributed by atoms with van der Waals surface area (Å²) in [5.41, 5.74) is 2.18. The molecule has 6 rings (SSSR count). The molecule has 19 heteroatoms. The Morgan fingerprint density at radius 2 is 0.857 bits per heavy atom. The fourth-order valence-corrected chi connectivity index (χ4v) is 3.22. The van der Waals surface area contributed by atoms with Crippen molar-refractivity contribution in [3.05, 3.63) is 103 Å². The van der Waals surface area contributed by atoms with Gasteiger partial charge in [0.05, 0.1) is 11.4 Å². The summed E-state index contributed by atoms with van der Waals surface area (Å²) in [6.45, 7) is 0. The molecule has 0 aliphatic heterocycles. The topological polar surface area (TPSA) is 315 Å². The zero-order valence-electron chi connectivity index (χ0n) is 26.1. The predicted molar refractivity (Wildman–Crippen MR) is 168 cm³/mol. The van der Waals surface area contributed by atoms with E-state index in [-0.39, 0.29) is 56.6 Å². The molecule has 7 N–H and O–H groups in total. The number of aliphatic hydroxyl groups is 3. The number of para-hydroxylation sites is 2. The van der Waals surface area contributed by atoms with E-state index in [2.05, 4.69) is 40.3 Å². The molecule has 0 aliphatic carbocycles. The summed E-state index contributed by atoms with van der Waals surface area (Å²) in [6, 6.07) is 24.1. The third-order valence-corrected chi connectivity index (χ3v) is 4.95. The average molecular weight is 757 g/mol. The van der Waals surface area contributed by atoms with Gasteiger partial charge in [0.15, 0.2) is 0 Å². The van der Waals surface area contributed by atoms with E-state index >= 15 is 0 Å². The van der Waals surface area contributed by atoms with E-state index in [0.29, 0.717) is 51.9 Å². The Labute approximate surface area is 302 Å². The van der Waals surface area contributed by atoms with Gasteiger partial charge in [0.2, 0.25) is 0 Å². The van der Waals surface area contributed by atoms with Gasteiger partial charge in [0.1, 0.15) is 0 Å². The van der Waals surface area contributed by atoms with Crippen LogP contribution < -0.4 is 20.2 Å². The molecule has 4 heterocycles. The molecule has 0 spiro atoms. The first-order valence-corrected chi connectivity index (χ1v) is 12.6. The predicted octanol–water partition coefficient (Wildman–Crippen LogP) is -0.464. The number of pyridine rings is 2. The normalized spacial score (nSPS) is 8.20. The largest absolute Gasteiger partial charge is 3.00 e. The maximum atomic E-state index is 11.6. The molecular weight excluding hydrogens is 724 g/mol. The first-order chi connectivity index (χ1) is 22.1. The smallest absolute Gasteiger partial charge is 0.872 e. The van der Waals surface area contributed by atoms with Crippen molar-refractivity contribution in [2.24, 2.45) is 0 Å². The van der Waals surface area contributed by atoms with Gasteiger partial charge in [-0.15, -0.1) is 11.5 Å². The van der Waals surface area contributed by atoms with Gasteiger partial charge < -0.3 is 72.3 Å². The van der Waals surface area contributed by atoms with E-state index in [1.165, 1.54) is 12.1 Å². The van der Waals surface area contributed by atoms with Crippen molar-refractivity contribution in [1.29, 1.82) is 0 Å². The standard InChI is InChI=1S/2C13H9N4O.CNO.3CH4O.2Mn.2H2O/c2*18-11-7-2-1-5-9(11)12-15-13(17-16-12)10-6-3-4-8-14-10;2-1-3;3*1-2;;;;/h2*1-8H,(H-,14,15,16,17,18);;3*2H,1H3;;;2*1H2/q3*-1;;;;+2;+3;;/p-2. The van der Waals surface area contributed by atoms with Crippen molar-refractivity contribution in [2.45, 2.75) is 0 Å². The van der Waals surface area contributed by atoms with Crippen LogP contribution in [0, 0.1) is 0 Å². The number of rotatable bonds is 4. The second-order valence-electron chi connectivity index (χ2n) is 7.43. The Balaban J connectivity index is -0.000000314. The van der Waals surface area contributed by atoms with Crippen molar-refractivity contribution in [2.75, 3.05) is 21.3 Å². The van der Waals surface area contributed by atoms with E-state index < -0.39 is 0 Å². The quantitative estimate of drug-likeness (QED) is 0.116. The molecule has 0 saturated carbocycles. The van der Waals surface area contributed by atoms with Crippen LogP contribution in [-0.2, 0) is 38.9 Å². The number of nitrogens with zero attached hydrogens (tertiary/aromatic N) is 9. The van der Waals surface area contributed by atoms with Crippen LogP contribution in [0.4, 0.5) is 0 Å². The Bertz CT molecular complexity index is 1570. The van der Waals surface area contributed by atoms with Gasteiger partial charge in [0, 0.05) is 57.0 Å². The van der Waals surface area contributed by atoms with Crippen molar-refractivity contribution in [3.63, 3.8) is 0 Å². The molecule has 0 saturated heterocycles. The van der Waals surface area contributed by atoms with Crippen LogP contribution >= 0.6 is 0 Å². The number of hydrogen-bond donors (Lipinski definition) is 3. The minimum absolute atomic E-state index is 0. The molecule has 0 amide bonds. The van der Waals surface area contributed by atoms with Crippen molar-refractivity contribution in [1.82, 2.24) is 40.3 Å². The molecule has 0 bridgehead atoms. The number of isocyanates is 1. The number of hydrogen-bond acceptors (Lipinski definition) is 12. The van der Waals surface area contributed by atoms with Crippen LogP contribution in [0.1, 0.15) is 0 Å². The summed E-state index contributed by atoms with van der Waals surface area (Å²) in [5.74, 6) is 1.29. The summed E-state index contributed by atoms with van der Waals surface area (Å²) in [5, 5.41) is 66.8. The zero-order valence-corrected chi connectivity index (χ0v) is 28.4. The van der Waals surface area contributed by atoms with E-state index in [1.807, 2.05) is 24.3 Å². The summed E-state index contributed by atoms with van der Waals surface area (Å²) >= 11 is 0. The Morgan fingerprint density at radius 3 is 1.14 bits per heavy atom. The maximum Gasteiger partial charge on any atom is 3.00 e. The van der Waals surface area contributed by atoms with Crippen LogP contribution in [0.25, 0.3) is 51.2 Å². The first kappa shape index (κ1) is 50.7. The fraction of sp³-hybridized carbons (Fsp3) is 0.100. The van der Waals surface area contributed by atoms with Crippen LogP contribution in [0.5, 0.6) is 11.5 Å². The van der Waals surface area contributed by atoms with Crippen LogP contribution in [0.3, 0.4) is 0 Å². The van der Waals surface area contributed by atoms with Crippen LogP contribution in [-0.4, -0.2) is 84.0 Å². The summed E-state index contributed by atoms with van der Waals surface area (Å²) in [7, 11) is 3.00. The molecule has 0 unspecified atom stereocenters. The number of aromatic nitrogens is 8. The van der Waals surface area contributed by atoms with Gasteiger partial charge in [-0.3, -0.25) is 14.8 Å². The van der Waals surface area contributed by atoms with Crippen molar-refractivity contribution in [3.8, 4) is 57.3 Å². The SMILES string of the molecule is CO.CO.CO.O.O.[Mn+2].[Mn+3].[N-]=C=O.[O-]c1ccccc1-c1nnc(-c2ccccn2)[n-]1.[O-]c1ccccc1-c1nnc(-c2ccccn2)[n-]1. The third kappa shape index (κ3) is 16.0. The molecule has 17 nitrogen and oxygen atoms in total. The number of carbonyl (C=O) groups excluding carboxylic acids is 1. The minimum Gasteiger partial charge on any atom is -0.872 e. The van der Waals surface area contributed by atoms with E-state index in [1.54, 1.807) is 60.9 Å². The van der Waals surface area contributed by atoms with Crippen molar-refractivity contribution >= 4 is 6.08 Å². The number of aliphatic hydroxyl groups excluding tert-OH is 3. The molecule has 6 aromatic rings. The summed E-state index contributed by atoms with van der Waals surface area (Å²) in [4.78, 5) is 25.0. The Morgan fingerprint density at radius 1 is 0.571 bits per heavy atom. The first-order valence-electron chi connectivity index (χ1n) is 12.6. The van der Waals surface area contributed by atoms with E-state index in [9.17, 15) is 10.2 Å². The Kier molecular flexibility index (Phi) is 31.2. The second-order valence-corrected chi connectivity index (χ2v) is 7.43. The van der Waals surface area contributed by atoms with Gasteiger partial charge in [0.25, 0.3) is 0 Å². The van der Waals surface area contributed by atoms with Gasteiger partial charge in [-0.1, -0.05) is 60.7 Å². The summed E-state index contributed by atoms with van der Waals surface area (Å²) in [6.07, 6.45) is 3.82. The molecule has 259 valence electrons. The molecular formula is C30H32Mn2N9O8. The molecule has 0 fully saturated rings. The Hall–Kier alpha value is -5.16. The number of benzene rings is 2. The van der Waals surface area contributed by atoms with Gasteiger partial charge in [-0.2, -0.15) is 0 Å². The van der Waals surface area contributed by atoms with Crippen LogP contribution in [0.15, 0.2) is 97.3 Å². The second kappa shape index (κ2) is 30.2. The van der Waals surface area contributed by atoms with Gasteiger partial charge in [-0.05, 0) is 41.5 Å². The maximum absolute atomic E-state index is 11.6. The minimum atomic E-state index is -0.113. The fourth-order valence-electron chi connectivity index (χ4n) is 3.22. The molecule has 1 radical (unpaired) electrons. The molecule has 0 aliphatic rings. The van der Waals surface area contributed by atoms with Crippen LogP contribution in [0.2, 0.25) is 0 Å². The zero-order chi connectivity index (χ0) is 33.5. The third-order valence-electron chi connectivity index (χ3n) is 4.95. The average Bonchev–Trinajstić information content (AvgIpc) is 3.81. The van der Waals surface area contributed by atoms with E-state index in [0.717, 1.165) is 21.3 Å². The molecule has 0 atom stereocenters. The van der Waals surface area contributed by atoms with E-state index in [4.69, 9.17) is 25.5 Å². The van der Waals surface area contributed by atoms with Crippen molar-refractivity contribution < 1.29 is 75.4 Å². The summed E-state index contributed by atoms with van der Waals surface area (Å²) < 4.78 is 0. The van der Waals surface area contributed by atoms with Gasteiger partial charge >= 0.3 is 34.1 Å². The monoisotopic (exact) mass is 756 g/mol. The molecule has 2 aromatic carbocycles.